The summed E-state index contributed by atoms with van der Waals surface area (Å²) in [6.07, 6.45) is 4.18. The molecule has 4 aromatic rings. The van der Waals surface area contributed by atoms with E-state index in [-0.39, 0.29) is 5.82 Å². The second kappa shape index (κ2) is 6.61. The third-order valence-electron chi connectivity index (χ3n) is 5.23. The van der Waals surface area contributed by atoms with Gasteiger partial charge in [0.1, 0.15) is 11.6 Å². The molecule has 0 saturated heterocycles. The lowest BCUT2D eigenvalue weighted by Gasteiger charge is -2.36. The van der Waals surface area contributed by atoms with Gasteiger partial charge in [0.05, 0.1) is 0 Å². The van der Waals surface area contributed by atoms with E-state index in [1.54, 1.807) is 12.1 Å². The Morgan fingerprint density at radius 1 is 0.750 bits per heavy atom. The fourth-order valence-electron chi connectivity index (χ4n) is 3.85. The summed E-state index contributed by atoms with van der Waals surface area (Å²) in [5.41, 5.74) is 2.11. The van der Waals surface area contributed by atoms with E-state index in [0.29, 0.717) is 0 Å². The van der Waals surface area contributed by atoms with E-state index in [9.17, 15) is 4.39 Å². The summed E-state index contributed by atoms with van der Waals surface area (Å²) in [4.78, 5) is 0. The Hall–Kier alpha value is -2.91. The van der Waals surface area contributed by atoms with Crippen molar-refractivity contribution >= 4 is 32.8 Å². The molecule has 0 radical (unpaired) electrons. The average molecular weight is 431 g/mol. The summed E-state index contributed by atoms with van der Waals surface area (Å²) in [7, 11) is 0. The van der Waals surface area contributed by atoms with E-state index >= 15 is 0 Å². The molecule has 0 fully saturated rings. The molecule has 5 rings (SSSR count). The second-order valence-electron chi connectivity index (χ2n) is 6.86. The van der Waals surface area contributed by atoms with Crippen molar-refractivity contribution in [1.29, 1.82) is 0 Å². The maximum Gasteiger partial charge on any atom is 0.178 e. The van der Waals surface area contributed by atoms with E-state index in [4.69, 9.17) is 4.74 Å². The molecule has 4 aromatic carbocycles. The molecule has 0 spiro atoms. The number of ether oxygens (including phenoxy) is 1. The second-order valence-corrected chi connectivity index (χ2v) is 7.71. The van der Waals surface area contributed by atoms with Gasteiger partial charge in [-0.25, -0.2) is 4.39 Å². The number of fused-ring (bicyclic) bond motifs is 3. The molecule has 0 N–H and O–H groups in total. The summed E-state index contributed by atoms with van der Waals surface area (Å²) in [6, 6.07) is 26.8. The van der Waals surface area contributed by atoms with Crippen molar-refractivity contribution in [2.24, 2.45) is 0 Å². The fourth-order valence-corrected chi connectivity index (χ4v) is 4.41. The molecule has 1 nitrogen and oxygen atoms in total. The van der Waals surface area contributed by atoms with E-state index < -0.39 is 5.60 Å². The largest absolute Gasteiger partial charge is 0.473 e. The van der Waals surface area contributed by atoms with Crippen LogP contribution in [-0.4, -0.2) is 0 Å². The minimum atomic E-state index is -0.816. The highest BCUT2D eigenvalue weighted by atomic mass is 79.9. The fraction of sp³-hybridized carbons (Fsp3) is 0.0400. The van der Waals surface area contributed by atoms with Crippen molar-refractivity contribution in [3.63, 3.8) is 0 Å². The number of hydrogen-bond acceptors (Lipinski definition) is 1. The van der Waals surface area contributed by atoms with E-state index in [1.165, 1.54) is 12.1 Å². The Bertz CT molecular complexity index is 1200. The highest BCUT2D eigenvalue weighted by Gasteiger charge is 2.37. The molecule has 1 heterocycles. The van der Waals surface area contributed by atoms with Crippen LogP contribution in [-0.2, 0) is 5.60 Å². The smallest absolute Gasteiger partial charge is 0.178 e. The van der Waals surface area contributed by atoms with Crippen LogP contribution in [0.1, 0.15) is 16.7 Å². The molecule has 0 aromatic heterocycles. The third-order valence-corrected chi connectivity index (χ3v) is 5.89. The lowest BCUT2D eigenvalue weighted by atomic mass is 9.83. The summed E-state index contributed by atoms with van der Waals surface area (Å²) < 4.78 is 21.2. The van der Waals surface area contributed by atoms with Gasteiger partial charge in [-0.1, -0.05) is 82.7 Å². The summed E-state index contributed by atoms with van der Waals surface area (Å²) >= 11 is 3.68. The average Bonchev–Trinajstić information content (AvgIpc) is 2.75. The molecule has 28 heavy (non-hydrogen) atoms. The van der Waals surface area contributed by atoms with Gasteiger partial charge in [0.25, 0.3) is 0 Å². The van der Waals surface area contributed by atoms with Gasteiger partial charge < -0.3 is 4.74 Å². The van der Waals surface area contributed by atoms with Crippen LogP contribution < -0.4 is 4.74 Å². The SMILES string of the molecule is Fc1ccc(C2(c3ccccc3)C=Cc3c(cc(Br)c4ccccc34)O2)cc1. The highest BCUT2D eigenvalue weighted by Crippen LogP contribution is 2.45. The molecule has 1 unspecified atom stereocenters. The van der Waals surface area contributed by atoms with Gasteiger partial charge >= 0.3 is 0 Å². The summed E-state index contributed by atoms with van der Waals surface area (Å²) in [5.74, 6) is 0.530. The Kier molecular flexibility index (Phi) is 4.06. The first-order valence-electron chi connectivity index (χ1n) is 9.08. The maximum absolute atomic E-state index is 13.6. The lowest BCUT2D eigenvalue weighted by Crippen LogP contribution is -2.34. The molecule has 3 heteroatoms. The van der Waals surface area contributed by atoms with Crippen LogP contribution in [0.2, 0.25) is 0 Å². The Morgan fingerprint density at radius 2 is 1.39 bits per heavy atom. The van der Waals surface area contributed by atoms with Crippen LogP contribution in [0.3, 0.4) is 0 Å². The first-order chi connectivity index (χ1) is 13.7. The normalized spacial score (nSPS) is 17.9. The van der Waals surface area contributed by atoms with Gasteiger partial charge in [0, 0.05) is 21.2 Å². The van der Waals surface area contributed by atoms with Gasteiger partial charge in [0.15, 0.2) is 5.60 Å². The molecule has 0 amide bonds. The quantitative estimate of drug-likeness (QED) is 0.329. The molecule has 1 aliphatic rings. The molecule has 0 bridgehead atoms. The summed E-state index contributed by atoms with van der Waals surface area (Å²) in [6.45, 7) is 0. The lowest BCUT2D eigenvalue weighted by molar-refractivity contribution is 0.161. The van der Waals surface area contributed by atoms with Crippen LogP contribution in [0.25, 0.3) is 16.8 Å². The third kappa shape index (κ3) is 2.66. The Morgan fingerprint density at radius 3 is 2.14 bits per heavy atom. The number of hydrogen-bond donors (Lipinski definition) is 0. The topological polar surface area (TPSA) is 9.23 Å². The van der Waals surface area contributed by atoms with Crippen LogP contribution in [0, 0.1) is 5.82 Å². The van der Waals surface area contributed by atoms with Gasteiger partial charge in [-0.05, 0) is 41.1 Å². The van der Waals surface area contributed by atoms with Gasteiger partial charge in [-0.3, -0.25) is 0 Å². The number of benzene rings is 4. The number of rotatable bonds is 2. The Labute approximate surface area is 171 Å². The predicted octanol–water partition coefficient (Wildman–Crippen LogP) is 7.09. The van der Waals surface area contributed by atoms with Crippen LogP contribution in [0.5, 0.6) is 5.75 Å². The van der Waals surface area contributed by atoms with E-state index in [1.807, 2.05) is 48.5 Å². The van der Waals surface area contributed by atoms with E-state index in [2.05, 4.69) is 40.2 Å². The standard InChI is InChI=1S/C25H16BrFO/c26-23-16-24-22(20-8-4-5-9-21(20)23)14-15-25(28-24,17-6-2-1-3-7-17)18-10-12-19(27)13-11-18/h1-16H. The van der Waals surface area contributed by atoms with Gasteiger partial charge in [-0.15, -0.1) is 0 Å². The first-order valence-corrected chi connectivity index (χ1v) is 9.88. The van der Waals surface area contributed by atoms with Crippen LogP contribution >= 0.6 is 15.9 Å². The molecule has 0 aliphatic carbocycles. The van der Waals surface area contributed by atoms with Crippen molar-refractivity contribution in [2.45, 2.75) is 5.60 Å². The Balaban J connectivity index is 1.76. The maximum atomic E-state index is 13.6. The minimum absolute atomic E-state index is 0.263. The predicted molar refractivity (Wildman–Crippen MR) is 115 cm³/mol. The minimum Gasteiger partial charge on any atom is -0.473 e. The van der Waals surface area contributed by atoms with Gasteiger partial charge in [0.2, 0.25) is 0 Å². The van der Waals surface area contributed by atoms with Crippen LogP contribution in [0.15, 0.2) is 95.5 Å². The molecule has 1 atom stereocenters. The van der Waals surface area contributed by atoms with Crippen molar-refractivity contribution in [1.82, 2.24) is 0 Å². The molecular weight excluding hydrogens is 415 g/mol. The highest BCUT2D eigenvalue weighted by molar-refractivity contribution is 9.10. The van der Waals surface area contributed by atoms with Crippen molar-refractivity contribution in [2.75, 3.05) is 0 Å². The van der Waals surface area contributed by atoms with Crippen molar-refractivity contribution in [3.05, 3.63) is 118 Å². The van der Waals surface area contributed by atoms with E-state index in [0.717, 1.165) is 37.7 Å². The van der Waals surface area contributed by atoms with Gasteiger partial charge in [-0.2, -0.15) is 0 Å². The summed E-state index contributed by atoms with van der Waals surface area (Å²) in [5, 5.41) is 2.27. The molecule has 1 aliphatic heterocycles. The zero-order valence-electron chi connectivity index (χ0n) is 14.9. The van der Waals surface area contributed by atoms with Crippen molar-refractivity contribution < 1.29 is 9.13 Å². The number of halogens is 2. The van der Waals surface area contributed by atoms with Crippen LogP contribution in [0.4, 0.5) is 4.39 Å². The monoisotopic (exact) mass is 430 g/mol. The zero-order chi connectivity index (χ0) is 19.1. The molecular formula is C25H16BrFO. The molecule has 0 saturated carbocycles. The van der Waals surface area contributed by atoms with Crippen molar-refractivity contribution in [3.8, 4) is 5.75 Å². The molecule has 136 valence electrons. The first kappa shape index (κ1) is 17.2. The zero-order valence-corrected chi connectivity index (χ0v) is 16.5.